The Morgan fingerprint density at radius 2 is 2.03 bits per heavy atom. The molecule has 0 radical (unpaired) electrons. The van der Waals surface area contributed by atoms with Gasteiger partial charge in [-0.05, 0) is 32.1 Å². The summed E-state index contributed by atoms with van der Waals surface area (Å²) in [5.74, 6) is -3.13. The first-order valence-electron chi connectivity index (χ1n) is 11.6. The number of carbonyl (C=O) groups excluding carboxylic acids is 2. The van der Waals surface area contributed by atoms with Crippen molar-refractivity contribution in [3.8, 4) is 0 Å². The second-order valence-electron chi connectivity index (χ2n) is 8.99. The largest absolute Gasteiger partial charge is 0.481 e. The average molecular weight is 437 g/mol. The summed E-state index contributed by atoms with van der Waals surface area (Å²) < 4.78 is 6.22. The maximum absolute atomic E-state index is 13.8. The van der Waals surface area contributed by atoms with Gasteiger partial charge in [0.15, 0.2) is 0 Å². The number of carbonyl (C=O) groups is 3. The number of unbranched alkanes of at least 4 members (excludes halogenated alkanes) is 4. The van der Waals surface area contributed by atoms with Crippen LogP contribution in [-0.4, -0.2) is 81.8 Å². The molecule has 8 nitrogen and oxygen atoms in total. The molecule has 174 valence electrons. The minimum Gasteiger partial charge on any atom is -0.481 e. The lowest BCUT2D eigenvalue weighted by molar-refractivity contribution is -0.151. The van der Waals surface area contributed by atoms with Crippen LogP contribution in [0.1, 0.15) is 58.3 Å². The average Bonchev–Trinajstić information content (AvgIpc) is 3.38. The standard InChI is InChI=1S/C23H36N2O6/c1-3-5-13-24(12-4-2)21(28)19-23-11-10-16(31-23)17(22(29)30)18(23)20(27)25(19)14-8-6-7-9-15-26/h4,16-19,26H,2-3,5-15H2,1H3,(H,29,30)/t16-,17+,18+,19-,23+/m0/s1. The molecule has 31 heavy (non-hydrogen) atoms. The van der Waals surface area contributed by atoms with E-state index in [1.807, 2.05) is 0 Å². The second-order valence-corrected chi connectivity index (χ2v) is 8.99. The summed E-state index contributed by atoms with van der Waals surface area (Å²) in [6, 6.07) is -0.783. The van der Waals surface area contributed by atoms with Gasteiger partial charge < -0.3 is 24.7 Å². The number of hydrogen-bond donors (Lipinski definition) is 2. The molecule has 2 amide bonds. The number of carboxylic acid groups (broad SMARTS) is 1. The molecule has 3 rings (SSSR count). The van der Waals surface area contributed by atoms with Gasteiger partial charge in [0.1, 0.15) is 11.6 Å². The van der Waals surface area contributed by atoms with Crippen LogP contribution in [-0.2, 0) is 19.1 Å². The van der Waals surface area contributed by atoms with Gasteiger partial charge in [-0.15, -0.1) is 6.58 Å². The maximum atomic E-state index is 13.8. The van der Waals surface area contributed by atoms with E-state index in [1.54, 1.807) is 15.9 Å². The van der Waals surface area contributed by atoms with E-state index in [0.29, 0.717) is 45.3 Å². The van der Waals surface area contributed by atoms with Crippen LogP contribution in [0.2, 0.25) is 0 Å². The lowest BCUT2D eigenvalue weighted by Crippen LogP contribution is -2.56. The van der Waals surface area contributed by atoms with Gasteiger partial charge in [-0.25, -0.2) is 0 Å². The predicted molar refractivity (Wildman–Crippen MR) is 114 cm³/mol. The molecule has 3 aliphatic rings. The van der Waals surface area contributed by atoms with Gasteiger partial charge >= 0.3 is 5.97 Å². The van der Waals surface area contributed by atoms with Crippen LogP contribution in [0, 0.1) is 11.8 Å². The molecule has 2 bridgehead atoms. The van der Waals surface area contributed by atoms with Crippen molar-refractivity contribution in [1.29, 1.82) is 0 Å². The molecule has 0 aromatic rings. The lowest BCUT2D eigenvalue weighted by atomic mass is 9.70. The Balaban J connectivity index is 1.89. The summed E-state index contributed by atoms with van der Waals surface area (Å²) in [6.07, 6.45) is 7.15. The van der Waals surface area contributed by atoms with Gasteiger partial charge in [0.25, 0.3) is 0 Å². The third-order valence-corrected chi connectivity index (χ3v) is 7.07. The Morgan fingerprint density at radius 3 is 2.68 bits per heavy atom. The molecule has 0 aliphatic carbocycles. The Kier molecular flexibility index (Phi) is 7.75. The topological polar surface area (TPSA) is 107 Å². The van der Waals surface area contributed by atoms with Gasteiger partial charge in [0.05, 0.1) is 17.9 Å². The zero-order valence-corrected chi connectivity index (χ0v) is 18.5. The molecule has 0 aromatic carbocycles. The molecule has 3 heterocycles. The second kappa shape index (κ2) is 10.1. The van der Waals surface area contributed by atoms with Crippen LogP contribution in [0.4, 0.5) is 0 Å². The number of ether oxygens (including phenoxy) is 1. The summed E-state index contributed by atoms with van der Waals surface area (Å²) >= 11 is 0. The van der Waals surface area contributed by atoms with Crippen LogP contribution in [0.15, 0.2) is 12.7 Å². The summed E-state index contributed by atoms with van der Waals surface area (Å²) in [7, 11) is 0. The number of aliphatic carboxylic acids is 1. The SMILES string of the molecule is C=CCN(CCCC)C(=O)[C@@H]1N(CCCCCCO)C(=O)[C@H]2[C@H](C(=O)O)[C@@H]3CC[C@]12O3. The van der Waals surface area contributed by atoms with Crippen molar-refractivity contribution in [3.63, 3.8) is 0 Å². The molecule has 3 fully saturated rings. The number of hydrogen-bond acceptors (Lipinski definition) is 5. The fourth-order valence-electron chi connectivity index (χ4n) is 5.67. The minimum absolute atomic E-state index is 0.137. The monoisotopic (exact) mass is 436 g/mol. The highest BCUT2D eigenvalue weighted by atomic mass is 16.5. The Bertz CT molecular complexity index is 698. The minimum atomic E-state index is -1.04. The summed E-state index contributed by atoms with van der Waals surface area (Å²) in [5, 5.41) is 18.8. The fourth-order valence-corrected chi connectivity index (χ4v) is 5.67. The van der Waals surface area contributed by atoms with E-state index in [1.165, 1.54) is 0 Å². The third-order valence-electron chi connectivity index (χ3n) is 7.07. The quantitative estimate of drug-likeness (QED) is 0.337. The molecular weight excluding hydrogens is 400 g/mol. The highest BCUT2D eigenvalue weighted by Gasteiger charge is 2.74. The summed E-state index contributed by atoms with van der Waals surface area (Å²) in [6.45, 7) is 7.33. The molecule has 3 saturated heterocycles. The first-order chi connectivity index (χ1) is 14.9. The molecule has 1 spiro atoms. The number of amides is 2. The molecule has 0 unspecified atom stereocenters. The zero-order chi connectivity index (χ0) is 22.6. The molecule has 0 aromatic heterocycles. The van der Waals surface area contributed by atoms with Crippen molar-refractivity contribution in [2.75, 3.05) is 26.2 Å². The zero-order valence-electron chi connectivity index (χ0n) is 18.5. The van der Waals surface area contributed by atoms with E-state index in [2.05, 4.69) is 13.5 Å². The highest BCUT2D eigenvalue weighted by Crippen LogP contribution is 2.58. The number of rotatable bonds is 13. The number of nitrogens with zero attached hydrogens (tertiary/aromatic N) is 2. The summed E-state index contributed by atoms with van der Waals surface area (Å²) in [5.41, 5.74) is -1.04. The first-order valence-corrected chi connectivity index (χ1v) is 11.6. The number of carboxylic acids is 1. The predicted octanol–water partition coefficient (Wildman–Crippen LogP) is 1.81. The summed E-state index contributed by atoms with van der Waals surface area (Å²) in [4.78, 5) is 42.5. The molecular formula is C23H36N2O6. The van der Waals surface area contributed by atoms with Crippen LogP contribution >= 0.6 is 0 Å². The van der Waals surface area contributed by atoms with E-state index in [0.717, 1.165) is 25.7 Å². The van der Waals surface area contributed by atoms with Crippen molar-refractivity contribution in [2.45, 2.75) is 76.0 Å². The smallest absolute Gasteiger partial charge is 0.310 e. The van der Waals surface area contributed by atoms with Crippen molar-refractivity contribution in [3.05, 3.63) is 12.7 Å². The van der Waals surface area contributed by atoms with Gasteiger partial charge in [-0.2, -0.15) is 0 Å². The van der Waals surface area contributed by atoms with Crippen molar-refractivity contribution in [2.24, 2.45) is 11.8 Å². The van der Waals surface area contributed by atoms with Crippen molar-refractivity contribution >= 4 is 17.8 Å². The van der Waals surface area contributed by atoms with Gasteiger partial charge in [-0.1, -0.05) is 32.3 Å². The number of likely N-dealkylation sites (tertiary alicyclic amines) is 1. The molecule has 5 atom stereocenters. The van der Waals surface area contributed by atoms with Gasteiger partial charge in [0, 0.05) is 26.2 Å². The first kappa shape index (κ1) is 23.7. The van der Waals surface area contributed by atoms with Crippen LogP contribution in [0.25, 0.3) is 0 Å². The van der Waals surface area contributed by atoms with Gasteiger partial charge in [-0.3, -0.25) is 14.4 Å². The lowest BCUT2D eigenvalue weighted by Gasteiger charge is -2.36. The van der Waals surface area contributed by atoms with Crippen LogP contribution in [0.5, 0.6) is 0 Å². The number of aliphatic hydroxyl groups excluding tert-OH is 1. The Labute approximate surface area is 184 Å². The molecule has 8 heteroatoms. The van der Waals surface area contributed by atoms with E-state index in [9.17, 15) is 19.5 Å². The molecule has 0 saturated carbocycles. The van der Waals surface area contributed by atoms with Gasteiger partial charge in [0.2, 0.25) is 11.8 Å². The third kappa shape index (κ3) is 4.24. The maximum Gasteiger partial charge on any atom is 0.310 e. The van der Waals surface area contributed by atoms with Crippen LogP contribution in [0.3, 0.4) is 0 Å². The van der Waals surface area contributed by atoms with Crippen molar-refractivity contribution < 1.29 is 29.3 Å². The highest BCUT2D eigenvalue weighted by molar-refractivity contribution is 5.98. The fraction of sp³-hybridized carbons (Fsp3) is 0.783. The number of aliphatic hydroxyl groups is 1. The van der Waals surface area contributed by atoms with Crippen LogP contribution < -0.4 is 0 Å². The van der Waals surface area contributed by atoms with Crippen molar-refractivity contribution in [1.82, 2.24) is 9.80 Å². The molecule has 2 N–H and O–H groups in total. The number of fused-ring (bicyclic) bond motifs is 1. The Hall–Kier alpha value is -1.93. The normalized spacial score (nSPS) is 31.2. The molecule has 3 aliphatic heterocycles. The van der Waals surface area contributed by atoms with E-state index < -0.39 is 35.6 Å². The van der Waals surface area contributed by atoms with E-state index >= 15 is 0 Å². The Morgan fingerprint density at radius 1 is 1.29 bits per heavy atom. The van der Waals surface area contributed by atoms with E-state index in [4.69, 9.17) is 9.84 Å². The van der Waals surface area contributed by atoms with E-state index in [-0.39, 0.29) is 18.4 Å².